The monoisotopic (exact) mass is 346 g/mol. The van der Waals surface area contributed by atoms with Gasteiger partial charge in [0.1, 0.15) is 0 Å². The summed E-state index contributed by atoms with van der Waals surface area (Å²) < 4.78 is 0. The first-order valence-electron chi connectivity index (χ1n) is 9.17. The van der Waals surface area contributed by atoms with Gasteiger partial charge in [-0.2, -0.15) is 0 Å². The van der Waals surface area contributed by atoms with Crippen molar-refractivity contribution in [2.75, 3.05) is 13.2 Å². The van der Waals surface area contributed by atoms with Crippen LogP contribution >= 0.6 is 0 Å². The first-order chi connectivity index (χ1) is 11.9. The highest BCUT2D eigenvalue weighted by Crippen LogP contribution is 2.24. The molecular formula is C20H30N2O3. The van der Waals surface area contributed by atoms with E-state index in [-0.39, 0.29) is 29.8 Å². The average molecular weight is 346 g/mol. The molecule has 138 valence electrons. The van der Waals surface area contributed by atoms with Gasteiger partial charge >= 0.3 is 0 Å². The SMILES string of the molecule is CC(C)(CCO)CNC(=O)c1ccc(CNC(=O)C2CCCC2)cc1. The van der Waals surface area contributed by atoms with E-state index in [4.69, 9.17) is 5.11 Å². The fraction of sp³-hybridized carbons (Fsp3) is 0.600. The largest absolute Gasteiger partial charge is 0.396 e. The molecule has 3 N–H and O–H groups in total. The molecule has 1 saturated carbocycles. The fourth-order valence-corrected chi connectivity index (χ4v) is 3.11. The summed E-state index contributed by atoms with van der Waals surface area (Å²) in [6.45, 7) is 5.16. The quantitative estimate of drug-likeness (QED) is 0.677. The molecule has 1 aromatic carbocycles. The predicted octanol–water partition coefficient (Wildman–Crippen LogP) is 2.63. The maximum Gasteiger partial charge on any atom is 0.251 e. The molecule has 2 amide bonds. The van der Waals surface area contributed by atoms with Crippen LogP contribution in [-0.2, 0) is 11.3 Å². The molecule has 0 aliphatic heterocycles. The van der Waals surface area contributed by atoms with Crippen molar-refractivity contribution >= 4 is 11.8 Å². The molecule has 0 bridgehead atoms. The highest BCUT2D eigenvalue weighted by Gasteiger charge is 2.22. The molecule has 1 aromatic rings. The van der Waals surface area contributed by atoms with Gasteiger partial charge in [-0.1, -0.05) is 38.8 Å². The third-order valence-electron chi connectivity index (χ3n) is 4.92. The van der Waals surface area contributed by atoms with Crippen LogP contribution in [-0.4, -0.2) is 30.1 Å². The Bertz CT molecular complexity index is 575. The van der Waals surface area contributed by atoms with Gasteiger partial charge in [-0.15, -0.1) is 0 Å². The zero-order chi connectivity index (χ0) is 18.3. The molecule has 0 saturated heterocycles. The van der Waals surface area contributed by atoms with Crippen molar-refractivity contribution in [1.29, 1.82) is 0 Å². The Morgan fingerprint density at radius 1 is 1.12 bits per heavy atom. The van der Waals surface area contributed by atoms with E-state index < -0.39 is 0 Å². The van der Waals surface area contributed by atoms with Gasteiger partial charge in [-0.05, 0) is 42.4 Å². The minimum absolute atomic E-state index is 0.115. The van der Waals surface area contributed by atoms with Gasteiger partial charge in [0, 0.05) is 31.2 Å². The average Bonchev–Trinajstić information content (AvgIpc) is 3.13. The molecule has 0 aromatic heterocycles. The second-order valence-corrected chi connectivity index (χ2v) is 7.72. The summed E-state index contributed by atoms with van der Waals surface area (Å²) in [6.07, 6.45) is 4.94. The molecule has 0 heterocycles. The van der Waals surface area contributed by atoms with Gasteiger partial charge in [0.05, 0.1) is 0 Å². The zero-order valence-electron chi connectivity index (χ0n) is 15.3. The van der Waals surface area contributed by atoms with Crippen LogP contribution in [0.15, 0.2) is 24.3 Å². The van der Waals surface area contributed by atoms with Gasteiger partial charge in [0.15, 0.2) is 0 Å². The zero-order valence-corrected chi connectivity index (χ0v) is 15.3. The minimum Gasteiger partial charge on any atom is -0.396 e. The molecule has 0 spiro atoms. The van der Waals surface area contributed by atoms with Crippen LogP contribution in [0.3, 0.4) is 0 Å². The van der Waals surface area contributed by atoms with Crippen LogP contribution in [0, 0.1) is 11.3 Å². The first kappa shape index (κ1) is 19.4. The summed E-state index contributed by atoms with van der Waals surface area (Å²) in [5.74, 6) is 0.199. The van der Waals surface area contributed by atoms with Crippen LogP contribution < -0.4 is 10.6 Å². The summed E-state index contributed by atoms with van der Waals surface area (Å²) >= 11 is 0. The Morgan fingerprint density at radius 2 is 1.76 bits per heavy atom. The maximum absolute atomic E-state index is 12.2. The van der Waals surface area contributed by atoms with Gasteiger partial charge in [0.25, 0.3) is 5.91 Å². The molecular weight excluding hydrogens is 316 g/mol. The van der Waals surface area contributed by atoms with E-state index in [0.717, 1.165) is 31.2 Å². The third-order valence-corrected chi connectivity index (χ3v) is 4.92. The number of carbonyl (C=O) groups is 2. The second-order valence-electron chi connectivity index (χ2n) is 7.72. The first-order valence-corrected chi connectivity index (χ1v) is 9.17. The van der Waals surface area contributed by atoms with E-state index >= 15 is 0 Å². The molecule has 1 aliphatic rings. The fourth-order valence-electron chi connectivity index (χ4n) is 3.11. The Morgan fingerprint density at radius 3 is 2.36 bits per heavy atom. The molecule has 5 heteroatoms. The molecule has 0 atom stereocenters. The minimum atomic E-state index is -0.130. The number of carbonyl (C=O) groups excluding carboxylic acids is 2. The molecule has 1 fully saturated rings. The molecule has 1 aliphatic carbocycles. The van der Waals surface area contributed by atoms with E-state index in [0.29, 0.717) is 25.1 Å². The molecule has 2 rings (SSSR count). The van der Waals surface area contributed by atoms with Crippen LogP contribution in [0.2, 0.25) is 0 Å². The highest BCUT2D eigenvalue weighted by atomic mass is 16.3. The number of amides is 2. The summed E-state index contributed by atoms with van der Waals surface area (Å²) in [5.41, 5.74) is 1.46. The second kappa shape index (κ2) is 8.99. The molecule has 25 heavy (non-hydrogen) atoms. The van der Waals surface area contributed by atoms with Crippen molar-refractivity contribution in [3.8, 4) is 0 Å². The number of hydrogen-bond donors (Lipinski definition) is 3. The van der Waals surface area contributed by atoms with Crippen molar-refractivity contribution < 1.29 is 14.7 Å². The van der Waals surface area contributed by atoms with Crippen molar-refractivity contribution in [1.82, 2.24) is 10.6 Å². The topological polar surface area (TPSA) is 78.4 Å². The van der Waals surface area contributed by atoms with Crippen LogP contribution in [0.5, 0.6) is 0 Å². The normalized spacial score (nSPS) is 15.2. The lowest BCUT2D eigenvalue weighted by atomic mass is 9.89. The van der Waals surface area contributed by atoms with E-state index in [1.165, 1.54) is 0 Å². The number of hydrogen-bond acceptors (Lipinski definition) is 3. The lowest BCUT2D eigenvalue weighted by molar-refractivity contribution is -0.124. The van der Waals surface area contributed by atoms with Crippen molar-refractivity contribution in [2.45, 2.75) is 52.5 Å². The highest BCUT2D eigenvalue weighted by molar-refractivity contribution is 5.94. The van der Waals surface area contributed by atoms with E-state index in [1.54, 1.807) is 12.1 Å². The predicted molar refractivity (Wildman–Crippen MR) is 98.1 cm³/mol. The van der Waals surface area contributed by atoms with E-state index in [9.17, 15) is 9.59 Å². The summed E-state index contributed by atoms with van der Waals surface area (Å²) in [7, 11) is 0. The number of benzene rings is 1. The van der Waals surface area contributed by atoms with Crippen LogP contribution in [0.4, 0.5) is 0 Å². The van der Waals surface area contributed by atoms with Gasteiger partial charge in [0.2, 0.25) is 5.91 Å². The van der Waals surface area contributed by atoms with Gasteiger partial charge in [-0.25, -0.2) is 0 Å². The Balaban J connectivity index is 1.80. The summed E-state index contributed by atoms with van der Waals surface area (Å²) in [6, 6.07) is 7.32. The Labute approximate surface area is 150 Å². The standard InChI is InChI=1S/C20H30N2O3/c1-20(2,11-12-23)14-22-19(25)17-9-7-15(8-10-17)13-21-18(24)16-5-3-4-6-16/h7-10,16,23H,3-6,11-14H2,1-2H3,(H,21,24)(H,22,25). The lowest BCUT2D eigenvalue weighted by Crippen LogP contribution is -2.34. The third kappa shape index (κ3) is 6.16. The Hall–Kier alpha value is -1.88. The summed E-state index contributed by atoms with van der Waals surface area (Å²) in [5, 5.41) is 14.9. The lowest BCUT2D eigenvalue weighted by Gasteiger charge is -2.23. The van der Waals surface area contributed by atoms with E-state index in [2.05, 4.69) is 10.6 Å². The smallest absolute Gasteiger partial charge is 0.251 e. The van der Waals surface area contributed by atoms with Crippen molar-refractivity contribution in [3.63, 3.8) is 0 Å². The van der Waals surface area contributed by atoms with Crippen molar-refractivity contribution in [2.24, 2.45) is 11.3 Å². The van der Waals surface area contributed by atoms with E-state index in [1.807, 2.05) is 26.0 Å². The number of nitrogens with one attached hydrogen (secondary N) is 2. The number of rotatable bonds is 8. The number of aliphatic hydroxyl groups excluding tert-OH is 1. The molecule has 0 unspecified atom stereocenters. The van der Waals surface area contributed by atoms with Crippen LogP contribution in [0.25, 0.3) is 0 Å². The van der Waals surface area contributed by atoms with Crippen molar-refractivity contribution in [3.05, 3.63) is 35.4 Å². The molecule has 5 nitrogen and oxygen atoms in total. The van der Waals surface area contributed by atoms with Gasteiger partial charge < -0.3 is 15.7 Å². The number of aliphatic hydroxyl groups is 1. The maximum atomic E-state index is 12.2. The Kier molecular flexibility index (Phi) is 7.00. The summed E-state index contributed by atoms with van der Waals surface area (Å²) in [4.78, 5) is 24.2. The molecule has 0 radical (unpaired) electrons. The van der Waals surface area contributed by atoms with Crippen LogP contribution in [0.1, 0.15) is 61.9 Å². The van der Waals surface area contributed by atoms with Gasteiger partial charge in [-0.3, -0.25) is 9.59 Å².